The number of benzene rings is 2. The molecule has 31 heavy (non-hydrogen) atoms. The third-order valence-electron chi connectivity index (χ3n) is 3.98. The first-order valence-electron chi connectivity index (χ1n) is 9.66. The molecule has 0 aliphatic carbocycles. The van der Waals surface area contributed by atoms with Gasteiger partial charge in [0.2, 0.25) is 5.91 Å². The van der Waals surface area contributed by atoms with Gasteiger partial charge < -0.3 is 19.2 Å². The van der Waals surface area contributed by atoms with Crippen LogP contribution in [0.2, 0.25) is 0 Å². The summed E-state index contributed by atoms with van der Waals surface area (Å²) in [5.74, 6) is 0.282. The minimum Gasteiger partial charge on any atom is -0.484 e. The molecule has 0 aliphatic heterocycles. The number of nitrogens with zero attached hydrogens (tertiary/aromatic N) is 2. The number of carbonyl (C=O) groups is 2. The van der Waals surface area contributed by atoms with Gasteiger partial charge in [-0.1, -0.05) is 42.1 Å². The molecule has 0 aliphatic rings. The normalized spacial score (nSPS) is 10.7. The second-order valence-corrected chi connectivity index (χ2v) is 7.78. The lowest BCUT2D eigenvalue weighted by Crippen LogP contribution is -2.18. The Labute approximate surface area is 184 Å². The van der Waals surface area contributed by atoms with Crippen molar-refractivity contribution in [2.75, 3.05) is 11.1 Å². The van der Waals surface area contributed by atoms with Gasteiger partial charge >= 0.3 is 5.97 Å². The number of para-hydroxylation sites is 2. The maximum absolute atomic E-state index is 12.3. The highest BCUT2D eigenvalue weighted by atomic mass is 32.2. The SMILES string of the molecule is Cc1ccccc1OCc1nnc(SCC(=O)Nc2ccccc2C(=O)OC(C)C)o1. The molecular weight excluding hydrogens is 418 g/mol. The summed E-state index contributed by atoms with van der Waals surface area (Å²) in [7, 11) is 0. The van der Waals surface area contributed by atoms with Gasteiger partial charge in [0, 0.05) is 0 Å². The Morgan fingerprint density at radius 2 is 1.84 bits per heavy atom. The molecule has 0 unspecified atom stereocenters. The number of amides is 1. The van der Waals surface area contributed by atoms with E-state index in [0.29, 0.717) is 17.1 Å². The average Bonchev–Trinajstić information content (AvgIpc) is 3.19. The predicted octanol–water partition coefficient (Wildman–Crippen LogP) is 4.25. The van der Waals surface area contributed by atoms with E-state index >= 15 is 0 Å². The van der Waals surface area contributed by atoms with E-state index in [0.717, 1.165) is 23.1 Å². The highest BCUT2D eigenvalue weighted by Crippen LogP contribution is 2.21. The zero-order valence-corrected chi connectivity index (χ0v) is 18.3. The summed E-state index contributed by atoms with van der Waals surface area (Å²) in [5.41, 5.74) is 1.69. The van der Waals surface area contributed by atoms with Crippen LogP contribution < -0.4 is 10.1 Å². The molecule has 0 saturated carbocycles. The zero-order chi connectivity index (χ0) is 22.2. The number of thioether (sulfide) groups is 1. The molecule has 0 fully saturated rings. The van der Waals surface area contributed by atoms with Crippen LogP contribution in [0.3, 0.4) is 0 Å². The van der Waals surface area contributed by atoms with Gasteiger partial charge in [0.1, 0.15) is 5.75 Å². The van der Waals surface area contributed by atoms with E-state index in [1.807, 2.05) is 31.2 Å². The molecule has 8 nitrogen and oxygen atoms in total. The van der Waals surface area contributed by atoms with Gasteiger partial charge in [0.25, 0.3) is 11.1 Å². The van der Waals surface area contributed by atoms with Crippen LogP contribution in [0, 0.1) is 6.92 Å². The van der Waals surface area contributed by atoms with Gasteiger partial charge in [-0.25, -0.2) is 4.79 Å². The Morgan fingerprint density at radius 3 is 2.61 bits per heavy atom. The lowest BCUT2D eigenvalue weighted by atomic mass is 10.2. The number of aryl methyl sites for hydroxylation is 1. The Hall–Kier alpha value is -3.33. The Balaban J connectivity index is 1.52. The molecule has 1 aromatic heterocycles. The first-order valence-corrected chi connectivity index (χ1v) is 10.6. The minimum atomic E-state index is -0.492. The highest BCUT2D eigenvalue weighted by Gasteiger charge is 2.16. The molecule has 9 heteroatoms. The van der Waals surface area contributed by atoms with E-state index in [9.17, 15) is 9.59 Å². The molecule has 3 rings (SSSR count). The molecular formula is C22H23N3O5S. The fourth-order valence-electron chi connectivity index (χ4n) is 2.57. The van der Waals surface area contributed by atoms with Crippen LogP contribution in [-0.2, 0) is 16.1 Å². The smallest absolute Gasteiger partial charge is 0.340 e. The molecule has 0 saturated heterocycles. The first-order chi connectivity index (χ1) is 14.9. The number of hydrogen-bond acceptors (Lipinski definition) is 8. The lowest BCUT2D eigenvalue weighted by Gasteiger charge is -2.12. The van der Waals surface area contributed by atoms with E-state index in [4.69, 9.17) is 13.9 Å². The van der Waals surface area contributed by atoms with Crippen molar-refractivity contribution >= 4 is 29.3 Å². The number of hydrogen-bond donors (Lipinski definition) is 1. The number of aromatic nitrogens is 2. The van der Waals surface area contributed by atoms with Crippen molar-refractivity contribution in [2.24, 2.45) is 0 Å². The van der Waals surface area contributed by atoms with E-state index < -0.39 is 5.97 Å². The van der Waals surface area contributed by atoms with Crippen molar-refractivity contribution in [1.82, 2.24) is 10.2 Å². The monoisotopic (exact) mass is 441 g/mol. The quantitative estimate of drug-likeness (QED) is 0.388. The van der Waals surface area contributed by atoms with Crippen LogP contribution in [0.5, 0.6) is 5.75 Å². The minimum absolute atomic E-state index is 0.0356. The van der Waals surface area contributed by atoms with Gasteiger partial charge in [-0.15, -0.1) is 10.2 Å². The van der Waals surface area contributed by atoms with E-state index in [2.05, 4.69) is 15.5 Å². The summed E-state index contributed by atoms with van der Waals surface area (Å²) in [6.07, 6.45) is -0.256. The summed E-state index contributed by atoms with van der Waals surface area (Å²) < 4.78 is 16.4. The molecule has 2 aromatic carbocycles. The first kappa shape index (κ1) is 22.4. The summed E-state index contributed by atoms with van der Waals surface area (Å²) in [6, 6.07) is 14.3. The fourth-order valence-corrected chi connectivity index (χ4v) is 3.15. The summed E-state index contributed by atoms with van der Waals surface area (Å²) >= 11 is 1.09. The molecule has 0 radical (unpaired) electrons. The largest absolute Gasteiger partial charge is 0.484 e. The molecule has 1 amide bonds. The van der Waals surface area contributed by atoms with Crippen molar-refractivity contribution in [3.8, 4) is 5.75 Å². The van der Waals surface area contributed by atoms with Crippen molar-refractivity contribution in [3.05, 3.63) is 65.5 Å². The topological polar surface area (TPSA) is 104 Å². The second-order valence-electron chi connectivity index (χ2n) is 6.85. The Bertz CT molecular complexity index is 1050. The number of rotatable bonds is 9. The molecule has 3 aromatic rings. The highest BCUT2D eigenvalue weighted by molar-refractivity contribution is 7.99. The summed E-state index contributed by atoms with van der Waals surface area (Å²) in [4.78, 5) is 24.5. The molecule has 0 atom stereocenters. The molecule has 1 heterocycles. The average molecular weight is 442 g/mol. The third-order valence-corrected chi connectivity index (χ3v) is 4.80. The van der Waals surface area contributed by atoms with Crippen LogP contribution in [0.15, 0.2) is 58.2 Å². The fraction of sp³-hybridized carbons (Fsp3) is 0.273. The second kappa shape index (κ2) is 10.6. The van der Waals surface area contributed by atoms with Crippen molar-refractivity contribution in [2.45, 2.75) is 38.7 Å². The van der Waals surface area contributed by atoms with E-state index in [1.165, 1.54) is 0 Å². The lowest BCUT2D eigenvalue weighted by molar-refractivity contribution is -0.113. The van der Waals surface area contributed by atoms with Gasteiger partial charge in [0.05, 0.1) is 23.1 Å². The number of nitrogens with one attached hydrogen (secondary N) is 1. The molecule has 0 spiro atoms. The van der Waals surface area contributed by atoms with Gasteiger partial charge in [0.15, 0.2) is 6.61 Å². The maximum atomic E-state index is 12.3. The van der Waals surface area contributed by atoms with Gasteiger partial charge in [-0.3, -0.25) is 4.79 Å². The standard InChI is InChI=1S/C22H23N3O5S/c1-14(2)29-21(27)16-9-5-6-10-17(16)23-19(26)13-31-22-25-24-20(30-22)12-28-18-11-7-4-8-15(18)3/h4-11,14H,12-13H2,1-3H3,(H,23,26). The van der Waals surface area contributed by atoms with Crippen molar-refractivity contribution < 1.29 is 23.5 Å². The third kappa shape index (κ3) is 6.58. The van der Waals surface area contributed by atoms with Crippen molar-refractivity contribution in [3.63, 3.8) is 0 Å². The summed E-state index contributed by atoms with van der Waals surface area (Å²) in [6.45, 7) is 5.61. The Kier molecular flexibility index (Phi) is 7.66. The number of anilines is 1. The number of carbonyl (C=O) groups excluding carboxylic acids is 2. The maximum Gasteiger partial charge on any atom is 0.340 e. The molecule has 1 N–H and O–H groups in total. The summed E-state index contributed by atoms with van der Waals surface area (Å²) in [5, 5.41) is 10.8. The predicted molar refractivity (Wildman–Crippen MR) is 116 cm³/mol. The molecule has 0 bridgehead atoms. The van der Waals surface area contributed by atoms with Crippen LogP contribution in [0.25, 0.3) is 0 Å². The van der Waals surface area contributed by atoms with Crippen LogP contribution in [0.4, 0.5) is 5.69 Å². The van der Waals surface area contributed by atoms with Crippen molar-refractivity contribution in [1.29, 1.82) is 0 Å². The van der Waals surface area contributed by atoms with E-state index in [1.54, 1.807) is 38.1 Å². The van der Waals surface area contributed by atoms with Crippen LogP contribution in [-0.4, -0.2) is 33.9 Å². The van der Waals surface area contributed by atoms with Gasteiger partial charge in [-0.2, -0.15) is 0 Å². The Morgan fingerprint density at radius 1 is 1.10 bits per heavy atom. The zero-order valence-electron chi connectivity index (χ0n) is 17.5. The van der Waals surface area contributed by atoms with E-state index in [-0.39, 0.29) is 29.6 Å². The van der Waals surface area contributed by atoms with Crippen LogP contribution >= 0.6 is 11.8 Å². The van der Waals surface area contributed by atoms with Crippen LogP contribution in [0.1, 0.15) is 35.7 Å². The number of esters is 1. The molecule has 162 valence electrons. The van der Waals surface area contributed by atoms with Gasteiger partial charge in [-0.05, 0) is 44.5 Å². The number of ether oxygens (including phenoxy) is 2.